The van der Waals surface area contributed by atoms with Gasteiger partial charge in [-0.1, -0.05) is 260 Å². The maximum Gasteiger partial charge on any atom is 0.306 e. The number of esters is 3. The Hall–Kier alpha value is -3.41. The largest absolute Gasteiger partial charge is 0.462 e. The van der Waals surface area contributed by atoms with Gasteiger partial charge in [0, 0.05) is 19.3 Å². The van der Waals surface area contributed by atoms with Gasteiger partial charge >= 0.3 is 17.9 Å². The average Bonchev–Trinajstić information content (AvgIpc) is 3.36. The summed E-state index contributed by atoms with van der Waals surface area (Å²) in [7, 11) is 0. The molecule has 0 bridgehead atoms. The number of hydrogen-bond acceptors (Lipinski definition) is 6. The molecule has 1 unspecified atom stereocenters. The molecule has 0 radical (unpaired) electrons. The van der Waals surface area contributed by atoms with Crippen molar-refractivity contribution in [2.45, 2.75) is 290 Å². The first kappa shape index (κ1) is 66.6. The average molecular weight is 976 g/mol. The number of allylic oxidation sites excluding steroid dienone is 14. The Kier molecular flexibility index (Phi) is 55.3. The van der Waals surface area contributed by atoms with Crippen molar-refractivity contribution >= 4 is 17.9 Å². The predicted molar refractivity (Wildman–Crippen MR) is 302 cm³/mol. The minimum absolute atomic E-state index is 0.0884. The van der Waals surface area contributed by atoms with E-state index in [0.29, 0.717) is 19.3 Å². The van der Waals surface area contributed by atoms with Crippen LogP contribution in [0.25, 0.3) is 0 Å². The van der Waals surface area contributed by atoms with Gasteiger partial charge in [-0.25, -0.2) is 0 Å². The first-order valence-electron chi connectivity index (χ1n) is 29.7. The number of unbranched alkanes of at least 4 members (excludes halogenated alkanes) is 32. The normalized spacial score (nSPS) is 12.7. The van der Waals surface area contributed by atoms with Crippen LogP contribution in [0, 0.1) is 0 Å². The highest BCUT2D eigenvalue weighted by Crippen LogP contribution is 2.15. The maximum absolute atomic E-state index is 12.9. The third-order valence-electron chi connectivity index (χ3n) is 12.7. The highest BCUT2D eigenvalue weighted by Gasteiger charge is 2.19. The first-order valence-corrected chi connectivity index (χ1v) is 29.7. The van der Waals surface area contributed by atoms with Crippen LogP contribution in [0.4, 0.5) is 0 Å². The molecule has 70 heavy (non-hydrogen) atoms. The molecule has 1 atom stereocenters. The predicted octanol–water partition coefficient (Wildman–Crippen LogP) is 19.9. The number of carbonyl (C=O) groups excluding carboxylic acids is 3. The molecule has 0 heterocycles. The summed E-state index contributed by atoms with van der Waals surface area (Å²) in [6.07, 6.45) is 75.7. The van der Waals surface area contributed by atoms with E-state index in [0.717, 1.165) is 89.9 Å². The summed E-state index contributed by atoms with van der Waals surface area (Å²) in [5, 5.41) is 0. The topological polar surface area (TPSA) is 78.9 Å². The lowest BCUT2D eigenvalue weighted by molar-refractivity contribution is -0.167. The van der Waals surface area contributed by atoms with E-state index >= 15 is 0 Å². The van der Waals surface area contributed by atoms with Crippen molar-refractivity contribution in [2.24, 2.45) is 0 Å². The van der Waals surface area contributed by atoms with Crippen molar-refractivity contribution < 1.29 is 28.6 Å². The Morgan fingerprint density at radius 2 is 0.557 bits per heavy atom. The van der Waals surface area contributed by atoms with Gasteiger partial charge in [0.25, 0.3) is 0 Å². The van der Waals surface area contributed by atoms with Gasteiger partial charge in [-0.3, -0.25) is 14.4 Å². The van der Waals surface area contributed by atoms with Gasteiger partial charge < -0.3 is 14.2 Å². The molecule has 0 saturated carbocycles. The van der Waals surface area contributed by atoms with E-state index in [2.05, 4.69) is 106 Å². The van der Waals surface area contributed by atoms with Gasteiger partial charge in [0.15, 0.2) is 6.10 Å². The molecule has 0 spiro atoms. The van der Waals surface area contributed by atoms with Crippen molar-refractivity contribution in [1.29, 1.82) is 0 Å². The Labute approximate surface area is 433 Å². The van der Waals surface area contributed by atoms with Crippen LogP contribution in [0.1, 0.15) is 284 Å². The summed E-state index contributed by atoms with van der Waals surface area (Å²) in [4.78, 5) is 38.2. The number of carbonyl (C=O) groups is 3. The molecule has 0 aliphatic heterocycles. The minimum Gasteiger partial charge on any atom is -0.462 e. The van der Waals surface area contributed by atoms with Gasteiger partial charge in [-0.2, -0.15) is 0 Å². The van der Waals surface area contributed by atoms with Crippen molar-refractivity contribution in [2.75, 3.05) is 13.2 Å². The zero-order chi connectivity index (χ0) is 50.7. The van der Waals surface area contributed by atoms with Crippen LogP contribution < -0.4 is 0 Å². The molecule has 0 saturated heterocycles. The zero-order valence-corrected chi connectivity index (χ0v) is 46.0. The second-order valence-corrected chi connectivity index (χ2v) is 19.6. The molecule has 0 aliphatic carbocycles. The van der Waals surface area contributed by atoms with E-state index in [1.165, 1.54) is 154 Å². The molecule has 402 valence electrons. The van der Waals surface area contributed by atoms with Crippen molar-refractivity contribution in [3.05, 3.63) is 85.1 Å². The fourth-order valence-corrected chi connectivity index (χ4v) is 8.25. The smallest absolute Gasteiger partial charge is 0.306 e. The Morgan fingerprint density at radius 3 is 0.900 bits per heavy atom. The molecule has 6 heteroatoms. The fraction of sp³-hybridized carbons (Fsp3) is 0.734. The lowest BCUT2D eigenvalue weighted by Crippen LogP contribution is -2.30. The molecule has 0 amide bonds. The molecule has 6 nitrogen and oxygen atoms in total. The van der Waals surface area contributed by atoms with E-state index < -0.39 is 6.10 Å². The van der Waals surface area contributed by atoms with Crippen LogP contribution in [-0.2, 0) is 28.6 Å². The van der Waals surface area contributed by atoms with Crippen LogP contribution in [0.3, 0.4) is 0 Å². The van der Waals surface area contributed by atoms with Crippen molar-refractivity contribution in [3.8, 4) is 0 Å². The highest BCUT2D eigenvalue weighted by molar-refractivity contribution is 5.71. The summed E-state index contributed by atoms with van der Waals surface area (Å²) in [5.41, 5.74) is 0. The van der Waals surface area contributed by atoms with E-state index in [-0.39, 0.29) is 31.1 Å². The van der Waals surface area contributed by atoms with E-state index in [1.807, 2.05) is 0 Å². The van der Waals surface area contributed by atoms with Crippen LogP contribution >= 0.6 is 0 Å². The summed E-state index contributed by atoms with van der Waals surface area (Å²) in [6, 6.07) is 0. The molecular weight excluding hydrogens is 865 g/mol. The molecule has 0 rings (SSSR count). The van der Waals surface area contributed by atoms with Gasteiger partial charge in [-0.05, 0) is 89.9 Å². The van der Waals surface area contributed by atoms with E-state index in [4.69, 9.17) is 14.2 Å². The standard InChI is InChI=1S/C64H110O6/c1-4-7-10-13-16-19-22-25-28-30-32-34-36-39-42-45-48-51-54-57-63(66)69-60-61(59-68-62(65)56-53-50-47-44-41-38-35-27-24-21-18-15-12-9-6-3)70-64(67)58-55-52-49-46-43-40-37-33-31-29-26-23-20-17-14-11-8-5-2/h9,12,15-16,18-19,21-22,24-25,29,31,33,37,61H,4-8,10-11,13-14,17,20,23,26-28,30,32,34-36,38-60H2,1-3H3/b12-9-,18-15-,19-16-,24-21-,25-22-,31-29-,37-33-. The van der Waals surface area contributed by atoms with Gasteiger partial charge in [0.2, 0.25) is 0 Å². The SMILES string of the molecule is CC\C=C/C=C\C=C/CCCCCCCCCC(=O)OCC(COC(=O)CCCCCCCCCCCC/C=C\C=C/CCCCC)OC(=O)CCCCCCC/C=C\C=C/CCCCCCCCC. The lowest BCUT2D eigenvalue weighted by atomic mass is 10.1. The van der Waals surface area contributed by atoms with Crippen LogP contribution in [0.5, 0.6) is 0 Å². The second kappa shape index (κ2) is 58.2. The van der Waals surface area contributed by atoms with Gasteiger partial charge in [0.05, 0.1) is 0 Å². The number of hydrogen-bond donors (Lipinski definition) is 0. The summed E-state index contributed by atoms with van der Waals surface area (Å²) in [6.45, 7) is 6.47. The second-order valence-electron chi connectivity index (χ2n) is 19.6. The summed E-state index contributed by atoms with van der Waals surface area (Å²) < 4.78 is 16.9. The number of ether oxygens (including phenoxy) is 3. The number of rotatable bonds is 53. The van der Waals surface area contributed by atoms with E-state index in [1.54, 1.807) is 0 Å². The molecule has 0 aliphatic rings. The van der Waals surface area contributed by atoms with Crippen LogP contribution in [0.15, 0.2) is 85.1 Å². The molecular formula is C64H110O6. The molecule has 0 N–H and O–H groups in total. The quantitative estimate of drug-likeness (QED) is 0.0261. The van der Waals surface area contributed by atoms with Gasteiger partial charge in [0.1, 0.15) is 13.2 Å². The van der Waals surface area contributed by atoms with Crippen LogP contribution in [-0.4, -0.2) is 37.2 Å². The van der Waals surface area contributed by atoms with Crippen LogP contribution in [0.2, 0.25) is 0 Å². The van der Waals surface area contributed by atoms with Crippen molar-refractivity contribution in [1.82, 2.24) is 0 Å². The highest BCUT2D eigenvalue weighted by atomic mass is 16.6. The molecule has 0 fully saturated rings. The third kappa shape index (κ3) is 55.5. The monoisotopic (exact) mass is 975 g/mol. The molecule has 0 aromatic heterocycles. The Balaban J connectivity index is 4.42. The summed E-state index contributed by atoms with van der Waals surface area (Å²) >= 11 is 0. The summed E-state index contributed by atoms with van der Waals surface area (Å²) in [5.74, 6) is -0.912. The first-order chi connectivity index (χ1) is 34.5. The third-order valence-corrected chi connectivity index (χ3v) is 12.7. The lowest BCUT2D eigenvalue weighted by Gasteiger charge is -2.18. The van der Waals surface area contributed by atoms with Gasteiger partial charge in [-0.15, -0.1) is 0 Å². The van der Waals surface area contributed by atoms with E-state index in [9.17, 15) is 14.4 Å². The molecule has 0 aromatic carbocycles. The van der Waals surface area contributed by atoms with Crippen molar-refractivity contribution in [3.63, 3.8) is 0 Å². The fourth-order valence-electron chi connectivity index (χ4n) is 8.25. The Bertz CT molecular complexity index is 1350. The molecule has 0 aromatic rings. The minimum atomic E-state index is -0.792. The Morgan fingerprint density at radius 1 is 0.300 bits per heavy atom. The maximum atomic E-state index is 12.9. The zero-order valence-electron chi connectivity index (χ0n) is 46.0.